The van der Waals surface area contributed by atoms with Crippen molar-refractivity contribution in [3.63, 3.8) is 0 Å². The van der Waals surface area contributed by atoms with Gasteiger partial charge in [-0.15, -0.1) is 0 Å². The van der Waals surface area contributed by atoms with E-state index < -0.39 is 0 Å². The first kappa shape index (κ1) is 14.5. The van der Waals surface area contributed by atoms with Crippen LogP contribution in [0, 0.1) is 5.41 Å². The minimum atomic E-state index is 0.203. The Kier molecular flexibility index (Phi) is 4.61. The third-order valence-corrected chi connectivity index (χ3v) is 3.72. The fraction of sp³-hybridized carbons (Fsp3) is 0.867. The van der Waals surface area contributed by atoms with Crippen LogP contribution in [-0.2, 0) is 6.42 Å². The van der Waals surface area contributed by atoms with Crippen LogP contribution in [0.4, 0.5) is 0 Å². The van der Waals surface area contributed by atoms with Gasteiger partial charge in [-0.1, -0.05) is 45.7 Å². The molecule has 0 aromatic carbocycles. The topological polar surface area (TPSA) is 51.0 Å². The number of rotatable bonds is 4. The van der Waals surface area contributed by atoms with Crippen molar-refractivity contribution < 1.29 is 4.52 Å². The molecular weight excluding hydrogens is 238 g/mol. The van der Waals surface area contributed by atoms with Crippen LogP contribution < -0.4 is 5.32 Å². The highest BCUT2D eigenvalue weighted by Gasteiger charge is 2.30. The fourth-order valence-corrected chi connectivity index (χ4v) is 2.90. The van der Waals surface area contributed by atoms with Crippen molar-refractivity contribution in [1.29, 1.82) is 0 Å². The van der Waals surface area contributed by atoms with Crippen LogP contribution in [0.25, 0.3) is 0 Å². The van der Waals surface area contributed by atoms with E-state index in [0.29, 0.717) is 12.0 Å². The van der Waals surface area contributed by atoms with Crippen LogP contribution in [-0.4, -0.2) is 22.7 Å². The van der Waals surface area contributed by atoms with Gasteiger partial charge >= 0.3 is 0 Å². The lowest BCUT2D eigenvalue weighted by atomic mass is 9.84. The van der Waals surface area contributed by atoms with Gasteiger partial charge in [0.25, 0.3) is 0 Å². The summed E-state index contributed by atoms with van der Waals surface area (Å²) in [6, 6.07) is 0.502. The van der Waals surface area contributed by atoms with Gasteiger partial charge in [0, 0.05) is 12.5 Å². The first-order valence-corrected chi connectivity index (χ1v) is 7.55. The molecule has 0 bridgehead atoms. The Morgan fingerprint density at radius 2 is 2.00 bits per heavy atom. The van der Waals surface area contributed by atoms with E-state index in [-0.39, 0.29) is 5.41 Å². The molecule has 2 atom stereocenters. The molecule has 4 heteroatoms. The second kappa shape index (κ2) is 6.04. The first-order chi connectivity index (χ1) is 8.99. The molecule has 0 saturated heterocycles. The predicted octanol–water partition coefficient (Wildman–Crippen LogP) is 3.29. The quantitative estimate of drug-likeness (QED) is 0.907. The van der Waals surface area contributed by atoms with Crippen molar-refractivity contribution in [2.75, 3.05) is 6.54 Å². The van der Waals surface area contributed by atoms with Crippen LogP contribution in [0.2, 0.25) is 0 Å². The normalized spacial score (nSPS) is 24.6. The molecule has 1 aliphatic rings. The highest BCUT2D eigenvalue weighted by molar-refractivity contribution is 5.02. The summed E-state index contributed by atoms with van der Waals surface area (Å²) in [5.74, 6) is 2.09. The van der Waals surface area contributed by atoms with Crippen molar-refractivity contribution in [1.82, 2.24) is 15.5 Å². The smallest absolute Gasteiger partial charge is 0.231 e. The molecule has 1 aromatic heterocycles. The number of nitrogens with zero attached hydrogens (tertiary/aromatic N) is 2. The van der Waals surface area contributed by atoms with E-state index in [1.807, 2.05) is 0 Å². The number of hydrogen-bond donors (Lipinski definition) is 1. The molecule has 1 N–H and O–H groups in total. The molecule has 1 saturated carbocycles. The average molecular weight is 265 g/mol. The van der Waals surface area contributed by atoms with E-state index in [4.69, 9.17) is 4.52 Å². The van der Waals surface area contributed by atoms with Crippen molar-refractivity contribution >= 4 is 0 Å². The molecule has 0 radical (unpaired) electrons. The van der Waals surface area contributed by atoms with Crippen molar-refractivity contribution in [3.8, 4) is 0 Å². The molecule has 1 heterocycles. The monoisotopic (exact) mass is 265 g/mol. The maximum atomic E-state index is 5.53. The Labute approximate surface area is 116 Å². The van der Waals surface area contributed by atoms with E-state index >= 15 is 0 Å². The van der Waals surface area contributed by atoms with E-state index in [0.717, 1.165) is 31.1 Å². The highest BCUT2D eigenvalue weighted by Crippen LogP contribution is 2.32. The maximum Gasteiger partial charge on any atom is 0.231 e. The molecular formula is C15H27N3O. The predicted molar refractivity (Wildman–Crippen MR) is 76.1 cm³/mol. The van der Waals surface area contributed by atoms with E-state index in [9.17, 15) is 0 Å². The average Bonchev–Trinajstić information content (AvgIpc) is 2.76. The lowest BCUT2D eigenvalue weighted by molar-refractivity contribution is 0.263. The van der Waals surface area contributed by atoms with Gasteiger partial charge in [0.2, 0.25) is 5.89 Å². The summed E-state index contributed by atoms with van der Waals surface area (Å²) in [5.41, 5.74) is 0.203. The summed E-state index contributed by atoms with van der Waals surface area (Å²) in [7, 11) is 0. The summed E-state index contributed by atoms with van der Waals surface area (Å²) >= 11 is 0. The molecule has 0 spiro atoms. The van der Waals surface area contributed by atoms with E-state index in [1.165, 1.54) is 19.3 Å². The Balaban J connectivity index is 2.07. The third-order valence-electron chi connectivity index (χ3n) is 3.72. The lowest BCUT2D eigenvalue weighted by Gasteiger charge is -2.29. The van der Waals surface area contributed by atoms with Crippen molar-refractivity contribution in [2.45, 2.75) is 71.8 Å². The third kappa shape index (κ3) is 4.03. The van der Waals surface area contributed by atoms with E-state index in [1.54, 1.807) is 0 Å². The van der Waals surface area contributed by atoms with Crippen LogP contribution in [0.1, 0.15) is 71.0 Å². The highest BCUT2D eigenvalue weighted by atomic mass is 16.5. The Morgan fingerprint density at radius 1 is 1.26 bits per heavy atom. The second-order valence-electron chi connectivity index (χ2n) is 6.84. The van der Waals surface area contributed by atoms with E-state index in [2.05, 4.69) is 43.2 Å². The largest absolute Gasteiger partial charge is 0.339 e. The summed E-state index contributed by atoms with van der Waals surface area (Å²) in [6.07, 6.45) is 5.82. The van der Waals surface area contributed by atoms with Gasteiger partial charge in [-0.05, 0) is 24.8 Å². The zero-order valence-electron chi connectivity index (χ0n) is 12.7. The minimum absolute atomic E-state index is 0.203. The van der Waals surface area contributed by atoms with Crippen LogP contribution >= 0.6 is 0 Å². The first-order valence-electron chi connectivity index (χ1n) is 7.55. The zero-order valence-corrected chi connectivity index (χ0v) is 12.7. The van der Waals surface area contributed by atoms with Gasteiger partial charge in [0.05, 0.1) is 5.92 Å². The minimum Gasteiger partial charge on any atom is -0.339 e. The molecule has 1 fully saturated rings. The van der Waals surface area contributed by atoms with Crippen LogP contribution in [0.5, 0.6) is 0 Å². The molecule has 1 aromatic rings. The second-order valence-corrected chi connectivity index (χ2v) is 6.84. The number of aromatic nitrogens is 2. The standard InChI is InChI=1S/C15H27N3O/c1-5-16-12-9-7-6-8-11(12)14-17-13(18-19-14)10-15(2,3)4/h11-12,16H,5-10H2,1-4H3. The van der Waals surface area contributed by atoms with Gasteiger partial charge in [-0.25, -0.2) is 0 Å². The molecule has 0 aliphatic heterocycles. The summed E-state index contributed by atoms with van der Waals surface area (Å²) in [5, 5.41) is 7.72. The van der Waals surface area contributed by atoms with Gasteiger partial charge < -0.3 is 9.84 Å². The van der Waals surface area contributed by atoms with Crippen LogP contribution in [0.15, 0.2) is 4.52 Å². The van der Waals surface area contributed by atoms with Gasteiger partial charge in [-0.2, -0.15) is 4.98 Å². The lowest BCUT2D eigenvalue weighted by Crippen LogP contribution is -2.37. The van der Waals surface area contributed by atoms with Gasteiger partial charge in [-0.3, -0.25) is 0 Å². The molecule has 1 aliphatic carbocycles. The fourth-order valence-electron chi connectivity index (χ4n) is 2.90. The zero-order chi connectivity index (χ0) is 13.9. The van der Waals surface area contributed by atoms with Gasteiger partial charge in [0.1, 0.15) is 0 Å². The molecule has 108 valence electrons. The summed E-state index contributed by atoms with van der Waals surface area (Å²) in [4.78, 5) is 4.63. The molecule has 2 unspecified atom stereocenters. The summed E-state index contributed by atoms with van der Waals surface area (Å²) < 4.78 is 5.53. The van der Waals surface area contributed by atoms with Gasteiger partial charge in [0.15, 0.2) is 5.82 Å². The molecule has 4 nitrogen and oxygen atoms in total. The molecule has 19 heavy (non-hydrogen) atoms. The Hall–Kier alpha value is -0.900. The Morgan fingerprint density at radius 3 is 2.68 bits per heavy atom. The molecule has 0 amide bonds. The van der Waals surface area contributed by atoms with Crippen molar-refractivity contribution in [3.05, 3.63) is 11.7 Å². The number of nitrogens with one attached hydrogen (secondary N) is 1. The molecule has 2 rings (SSSR count). The SMILES string of the molecule is CCNC1CCCCC1c1nc(CC(C)(C)C)no1. The number of hydrogen-bond acceptors (Lipinski definition) is 4. The number of likely N-dealkylation sites (N-methyl/N-ethyl adjacent to an activating group) is 1. The Bertz CT molecular complexity index is 392. The van der Waals surface area contributed by atoms with Crippen LogP contribution in [0.3, 0.4) is 0 Å². The summed E-state index contributed by atoms with van der Waals surface area (Å²) in [6.45, 7) is 9.76. The maximum absolute atomic E-state index is 5.53. The van der Waals surface area contributed by atoms with Crippen molar-refractivity contribution in [2.24, 2.45) is 5.41 Å².